The Bertz CT molecular complexity index is 635. The van der Waals surface area contributed by atoms with Gasteiger partial charge in [-0.05, 0) is 57.0 Å². The first-order valence-corrected chi connectivity index (χ1v) is 10.9. The van der Waals surface area contributed by atoms with E-state index < -0.39 is 0 Å². The van der Waals surface area contributed by atoms with Gasteiger partial charge < -0.3 is 9.64 Å². The molecule has 2 aliphatic heterocycles. The van der Waals surface area contributed by atoms with Crippen molar-refractivity contribution in [2.24, 2.45) is 17.3 Å². The summed E-state index contributed by atoms with van der Waals surface area (Å²) in [7, 11) is 0. The van der Waals surface area contributed by atoms with Crippen molar-refractivity contribution in [1.29, 1.82) is 0 Å². The highest BCUT2D eigenvalue weighted by atomic mass is 32.1. The largest absolute Gasteiger partial charge is 0.381 e. The number of rotatable bonds is 6. The normalized spacial score (nSPS) is 25.9. The summed E-state index contributed by atoms with van der Waals surface area (Å²) in [5.41, 5.74) is 3.38. The minimum Gasteiger partial charge on any atom is -0.381 e. The highest BCUT2D eigenvalue weighted by Gasteiger charge is 2.48. The molecule has 3 fully saturated rings. The van der Waals surface area contributed by atoms with Crippen LogP contribution in [-0.4, -0.2) is 60.1 Å². The number of likely N-dealkylation sites (tertiary alicyclic amines) is 2. The molecule has 4 rings (SSSR count). The summed E-state index contributed by atoms with van der Waals surface area (Å²) in [5.74, 6) is 1.52. The van der Waals surface area contributed by atoms with E-state index in [0.717, 1.165) is 51.9 Å². The van der Waals surface area contributed by atoms with Crippen LogP contribution in [0.15, 0.2) is 5.51 Å². The van der Waals surface area contributed by atoms with Gasteiger partial charge in [0, 0.05) is 44.0 Å². The fourth-order valence-electron chi connectivity index (χ4n) is 4.57. The maximum Gasteiger partial charge on any atom is 0.219 e. The van der Waals surface area contributed by atoms with E-state index in [0.29, 0.717) is 5.92 Å². The van der Waals surface area contributed by atoms with Crippen LogP contribution in [0.1, 0.15) is 43.2 Å². The Morgan fingerprint density at radius 2 is 2.12 bits per heavy atom. The molecule has 2 saturated heterocycles. The number of aryl methyl sites for hydroxylation is 1. The number of aromatic nitrogens is 1. The van der Waals surface area contributed by atoms with Gasteiger partial charge in [0.2, 0.25) is 5.91 Å². The van der Waals surface area contributed by atoms with Gasteiger partial charge in [-0.1, -0.05) is 0 Å². The predicted molar refractivity (Wildman–Crippen MR) is 103 cm³/mol. The summed E-state index contributed by atoms with van der Waals surface area (Å²) in [5, 5.41) is 0. The van der Waals surface area contributed by atoms with Crippen LogP contribution >= 0.6 is 11.3 Å². The summed E-state index contributed by atoms with van der Waals surface area (Å²) >= 11 is 1.77. The third kappa shape index (κ3) is 3.97. The topological polar surface area (TPSA) is 45.7 Å². The van der Waals surface area contributed by atoms with E-state index in [4.69, 9.17) is 4.74 Å². The number of hydrogen-bond donors (Lipinski definition) is 0. The molecule has 6 heteroatoms. The lowest BCUT2D eigenvalue weighted by atomic mass is 9.71. The molecule has 1 spiro atoms. The third-order valence-electron chi connectivity index (χ3n) is 6.69. The molecule has 0 N–H and O–H groups in total. The number of thiazole rings is 1. The van der Waals surface area contributed by atoms with E-state index in [2.05, 4.69) is 21.7 Å². The second-order valence-electron chi connectivity index (χ2n) is 8.58. The van der Waals surface area contributed by atoms with Gasteiger partial charge in [0.05, 0.1) is 17.8 Å². The van der Waals surface area contributed by atoms with E-state index >= 15 is 0 Å². The molecule has 1 aromatic heterocycles. The molecule has 1 aliphatic carbocycles. The van der Waals surface area contributed by atoms with Crippen LogP contribution in [0.5, 0.6) is 0 Å². The van der Waals surface area contributed by atoms with Crippen molar-refractivity contribution < 1.29 is 9.53 Å². The number of carbonyl (C=O) groups is 1. The lowest BCUT2D eigenvalue weighted by Gasteiger charge is -2.42. The Morgan fingerprint density at radius 3 is 2.73 bits per heavy atom. The minimum atomic E-state index is 0.219. The van der Waals surface area contributed by atoms with Crippen molar-refractivity contribution in [3.63, 3.8) is 0 Å². The van der Waals surface area contributed by atoms with Gasteiger partial charge in [0.15, 0.2) is 0 Å². The lowest BCUT2D eigenvalue weighted by molar-refractivity contribution is -0.128. The third-order valence-corrected chi connectivity index (χ3v) is 7.61. The Hall–Kier alpha value is -0.980. The maximum absolute atomic E-state index is 12.0. The number of amides is 1. The molecule has 0 bridgehead atoms. The SMILES string of the molecule is CC(=O)N1C[C@H](COCC2CC2)C2(CCN(Cc3scnc3C)CC2)C1. The summed E-state index contributed by atoms with van der Waals surface area (Å²) in [6, 6.07) is 0. The first-order valence-electron chi connectivity index (χ1n) is 10.0. The molecule has 144 valence electrons. The molecule has 3 aliphatic rings. The zero-order valence-electron chi connectivity index (χ0n) is 16.1. The lowest BCUT2D eigenvalue weighted by Crippen LogP contribution is -2.45. The highest BCUT2D eigenvalue weighted by Crippen LogP contribution is 2.45. The average molecular weight is 378 g/mol. The fraction of sp³-hybridized carbons (Fsp3) is 0.800. The van der Waals surface area contributed by atoms with Gasteiger partial charge >= 0.3 is 0 Å². The van der Waals surface area contributed by atoms with Crippen LogP contribution in [0.3, 0.4) is 0 Å². The Kier molecular flexibility index (Phi) is 5.35. The van der Waals surface area contributed by atoms with Gasteiger partial charge in [0.25, 0.3) is 0 Å². The van der Waals surface area contributed by atoms with E-state index in [1.807, 2.05) is 5.51 Å². The molecular formula is C20H31N3O2S. The standard InChI is InChI=1S/C20H31N3O2S/c1-15-19(26-14-21-15)10-22-7-5-20(6-8-22)13-23(16(2)24)9-18(20)12-25-11-17-3-4-17/h14,17-18H,3-13H2,1-2H3/t18-/m1/s1. The van der Waals surface area contributed by atoms with Crippen molar-refractivity contribution >= 4 is 17.2 Å². The molecule has 26 heavy (non-hydrogen) atoms. The molecular weight excluding hydrogens is 346 g/mol. The van der Waals surface area contributed by atoms with Crippen LogP contribution in [0, 0.1) is 24.2 Å². The van der Waals surface area contributed by atoms with Crippen LogP contribution in [0.4, 0.5) is 0 Å². The number of ether oxygens (including phenoxy) is 1. The van der Waals surface area contributed by atoms with Crippen molar-refractivity contribution in [2.75, 3.05) is 39.4 Å². The first kappa shape index (κ1) is 18.4. The fourth-order valence-corrected chi connectivity index (χ4v) is 5.39. The molecule has 1 atom stereocenters. The quantitative estimate of drug-likeness (QED) is 0.765. The molecule has 0 radical (unpaired) electrons. The predicted octanol–water partition coefficient (Wildman–Crippen LogP) is 2.94. The molecule has 1 saturated carbocycles. The number of piperidine rings is 1. The van der Waals surface area contributed by atoms with Crippen LogP contribution in [0.25, 0.3) is 0 Å². The van der Waals surface area contributed by atoms with Crippen molar-refractivity contribution in [3.8, 4) is 0 Å². The van der Waals surface area contributed by atoms with Gasteiger partial charge in [0.1, 0.15) is 0 Å². The zero-order chi connectivity index (χ0) is 18.1. The highest BCUT2D eigenvalue weighted by molar-refractivity contribution is 7.09. The van der Waals surface area contributed by atoms with Gasteiger partial charge in [-0.15, -0.1) is 11.3 Å². The van der Waals surface area contributed by atoms with Crippen molar-refractivity contribution in [2.45, 2.75) is 46.1 Å². The van der Waals surface area contributed by atoms with E-state index in [1.165, 1.54) is 36.3 Å². The first-order chi connectivity index (χ1) is 12.6. The van der Waals surface area contributed by atoms with Crippen LogP contribution < -0.4 is 0 Å². The molecule has 0 aromatic carbocycles. The zero-order valence-corrected chi connectivity index (χ0v) is 16.9. The molecule has 3 heterocycles. The monoisotopic (exact) mass is 377 g/mol. The second-order valence-corrected chi connectivity index (χ2v) is 9.52. The minimum absolute atomic E-state index is 0.219. The van der Waals surface area contributed by atoms with E-state index in [9.17, 15) is 4.79 Å². The van der Waals surface area contributed by atoms with E-state index in [-0.39, 0.29) is 11.3 Å². The molecule has 5 nitrogen and oxygen atoms in total. The Labute approximate surface area is 160 Å². The summed E-state index contributed by atoms with van der Waals surface area (Å²) < 4.78 is 6.07. The van der Waals surface area contributed by atoms with E-state index in [1.54, 1.807) is 18.3 Å². The average Bonchev–Trinajstić information content (AvgIpc) is 3.26. The maximum atomic E-state index is 12.0. The van der Waals surface area contributed by atoms with Crippen LogP contribution in [-0.2, 0) is 16.1 Å². The van der Waals surface area contributed by atoms with Gasteiger partial charge in [-0.25, -0.2) is 4.98 Å². The Morgan fingerprint density at radius 1 is 1.35 bits per heavy atom. The van der Waals surface area contributed by atoms with Crippen LogP contribution in [0.2, 0.25) is 0 Å². The summed E-state index contributed by atoms with van der Waals surface area (Å²) in [6.07, 6.45) is 5.01. The van der Waals surface area contributed by atoms with Gasteiger partial charge in [-0.3, -0.25) is 9.69 Å². The van der Waals surface area contributed by atoms with Crippen molar-refractivity contribution in [1.82, 2.24) is 14.8 Å². The molecule has 1 amide bonds. The second kappa shape index (κ2) is 7.56. The number of nitrogens with zero attached hydrogens (tertiary/aromatic N) is 3. The Balaban J connectivity index is 1.36. The molecule has 1 aromatic rings. The molecule has 0 unspecified atom stereocenters. The van der Waals surface area contributed by atoms with Crippen molar-refractivity contribution in [3.05, 3.63) is 16.1 Å². The summed E-state index contributed by atoms with van der Waals surface area (Å²) in [6.45, 7) is 10.6. The smallest absolute Gasteiger partial charge is 0.219 e. The summed E-state index contributed by atoms with van der Waals surface area (Å²) in [4.78, 5) is 22.4. The number of hydrogen-bond acceptors (Lipinski definition) is 5. The number of carbonyl (C=O) groups excluding carboxylic acids is 1. The van der Waals surface area contributed by atoms with Gasteiger partial charge in [-0.2, -0.15) is 0 Å².